The number of ether oxygens (including phenoxy) is 4. The first kappa shape index (κ1) is 26.9. The Morgan fingerprint density at radius 3 is 1.42 bits per heavy atom. The summed E-state index contributed by atoms with van der Waals surface area (Å²) < 4.78 is 22.9. The molecule has 0 fully saturated rings. The van der Waals surface area contributed by atoms with Gasteiger partial charge in [-0.1, -0.05) is 75.7 Å². The van der Waals surface area contributed by atoms with Gasteiger partial charge in [-0.05, 0) is 53.0 Å². The molecule has 1 atom stereocenters. The summed E-state index contributed by atoms with van der Waals surface area (Å²) in [4.78, 5) is 0. The zero-order valence-electron chi connectivity index (χ0n) is 22.7. The lowest BCUT2D eigenvalue weighted by molar-refractivity contribution is 0.392. The molecule has 0 heterocycles. The lowest BCUT2D eigenvalue weighted by Crippen LogP contribution is -2.17. The fourth-order valence-corrected chi connectivity index (χ4v) is 4.60. The summed E-state index contributed by atoms with van der Waals surface area (Å²) in [6, 6.07) is 22.2. The number of methoxy groups -OCH3 is 4. The van der Waals surface area contributed by atoms with Crippen LogP contribution < -0.4 is 18.9 Å². The van der Waals surface area contributed by atoms with E-state index in [1.165, 1.54) is 5.57 Å². The van der Waals surface area contributed by atoms with Crippen LogP contribution in [0.5, 0.6) is 23.0 Å². The van der Waals surface area contributed by atoms with Crippen molar-refractivity contribution in [2.45, 2.75) is 27.7 Å². The maximum absolute atomic E-state index is 5.72. The highest BCUT2D eigenvalue weighted by Gasteiger charge is 2.27. The van der Waals surface area contributed by atoms with Gasteiger partial charge >= 0.3 is 0 Å². The summed E-state index contributed by atoms with van der Waals surface area (Å²) in [5, 5.41) is 0. The summed E-state index contributed by atoms with van der Waals surface area (Å²) in [6.07, 6.45) is 4.41. The normalized spacial score (nSPS) is 13.2. The molecule has 0 radical (unpaired) electrons. The number of hydrogen-bond donors (Lipinski definition) is 0. The van der Waals surface area contributed by atoms with Crippen LogP contribution in [0.2, 0.25) is 0 Å². The SMILES string of the molecule is COc1cccc(OC)c1C=C(c1ccccc1)C(C)C(=Cc1c(OC)cccc1OC)C(C)(C)C. The molecule has 3 rings (SSSR count). The van der Waals surface area contributed by atoms with Crippen LogP contribution in [0.25, 0.3) is 17.7 Å². The first-order valence-corrected chi connectivity index (χ1v) is 12.2. The van der Waals surface area contributed by atoms with Crippen molar-refractivity contribution in [1.82, 2.24) is 0 Å². The molecular weight excluding hydrogens is 448 g/mol. The molecule has 0 saturated heterocycles. The molecular formula is C32H38O4. The Morgan fingerprint density at radius 2 is 1.03 bits per heavy atom. The van der Waals surface area contributed by atoms with Gasteiger partial charge in [0.15, 0.2) is 0 Å². The van der Waals surface area contributed by atoms with E-state index < -0.39 is 0 Å². The van der Waals surface area contributed by atoms with Crippen molar-refractivity contribution in [3.8, 4) is 23.0 Å². The van der Waals surface area contributed by atoms with E-state index in [0.717, 1.165) is 45.3 Å². The van der Waals surface area contributed by atoms with Crippen molar-refractivity contribution in [3.05, 3.63) is 89.0 Å². The highest BCUT2D eigenvalue weighted by Crippen LogP contribution is 2.44. The molecule has 0 aliphatic carbocycles. The summed E-state index contributed by atoms with van der Waals surface area (Å²) in [7, 11) is 6.75. The van der Waals surface area contributed by atoms with Gasteiger partial charge in [0.05, 0.1) is 39.6 Å². The van der Waals surface area contributed by atoms with Gasteiger partial charge in [-0.25, -0.2) is 0 Å². The van der Waals surface area contributed by atoms with E-state index in [1.807, 2.05) is 42.5 Å². The minimum atomic E-state index is -0.135. The van der Waals surface area contributed by atoms with Crippen LogP contribution >= 0.6 is 0 Å². The second-order valence-electron chi connectivity index (χ2n) is 9.69. The van der Waals surface area contributed by atoms with E-state index in [2.05, 4.69) is 64.1 Å². The van der Waals surface area contributed by atoms with E-state index in [-0.39, 0.29) is 11.3 Å². The van der Waals surface area contributed by atoms with E-state index in [4.69, 9.17) is 18.9 Å². The molecule has 0 N–H and O–H groups in total. The average molecular weight is 487 g/mol. The van der Waals surface area contributed by atoms with Gasteiger partial charge in [-0.15, -0.1) is 0 Å². The number of hydrogen-bond acceptors (Lipinski definition) is 4. The minimum absolute atomic E-state index is 0.0524. The number of rotatable bonds is 9. The summed E-state index contributed by atoms with van der Waals surface area (Å²) in [5.41, 5.74) is 5.25. The van der Waals surface area contributed by atoms with E-state index in [0.29, 0.717) is 0 Å². The molecule has 4 nitrogen and oxygen atoms in total. The molecule has 190 valence electrons. The smallest absolute Gasteiger partial charge is 0.129 e. The second kappa shape index (κ2) is 11.9. The first-order valence-electron chi connectivity index (χ1n) is 12.2. The minimum Gasteiger partial charge on any atom is -0.496 e. The topological polar surface area (TPSA) is 36.9 Å². The van der Waals surface area contributed by atoms with Crippen molar-refractivity contribution in [3.63, 3.8) is 0 Å². The highest BCUT2D eigenvalue weighted by atomic mass is 16.5. The van der Waals surface area contributed by atoms with Gasteiger partial charge in [0.25, 0.3) is 0 Å². The molecule has 1 unspecified atom stereocenters. The molecule has 36 heavy (non-hydrogen) atoms. The maximum atomic E-state index is 5.72. The molecule has 0 bridgehead atoms. The van der Waals surface area contributed by atoms with Gasteiger partial charge in [0.2, 0.25) is 0 Å². The summed E-state index contributed by atoms with van der Waals surface area (Å²) >= 11 is 0. The van der Waals surface area contributed by atoms with Crippen molar-refractivity contribution in [1.29, 1.82) is 0 Å². The second-order valence-corrected chi connectivity index (χ2v) is 9.69. The molecule has 0 spiro atoms. The van der Waals surface area contributed by atoms with E-state index in [1.54, 1.807) is 28.4 Å². The van der Waals surface area contributed by atoms with Gasteiger partial charge in [0.1, 0.15) is 23.0 Å². The van der Waals surface area contributed by atoms with Crippen molar-refractivity contribution in [2.75, 3.05) is 28.4 Å². The number of allylic oxidation sites excluding steroid dienone is 2. The Kier molecular flexibility index (Phi) is 8.87. The molecule has 0 saturated carbocycles. The lowest BCUT2D eigenvalue weighted by Gasteiger charge is -2.31. The highest BCUT2D eigenvalue weighted by molar-refractivity contribution is 5.88. The third-order valence-corrected chi connectivity index (χ3v) is 6.44. The van der Waals surface area contributed by atoms with Gasteiger partial charge in [0, 0.05) is 5.92 Å². The van der Waals surface area contributed by atoms with Crippen LogP contribution in [0.15, 0.2) is 72.3 Å². The third-order valence-electron chi connectivity index (χ3n) is 6.44. The number of benzene rings is 3. The largest absolute Gasteiger partial charge is 0.496 e. The molecule has 3 aromatic carbocycles. The van der Waals surface area contributed by atoms with E-state index >= 15 is 0 Å². The summed E-state index contributed by atoms with van der Waals surface area (Å²) in [6.45, 7) is 8.97. The van der Waals surface area contributed by atoms with Crippen molar-refractivity contribution >= 4 is 17.7 Å². The molecule has 4 heteroatoms. The Bertz CT molecular complexity index is 1170. The van der Waals surface area contributed by atoms with Crippen LogP contribution in [0.4, 0.5) is 0 Å². The Labute approximate surface area is 216 Å². The van der Waals surface area contributed by atoms with Crippen molar-refractivity contribution in [2.24, 2.45) is 11.3 Å². The Balaban J connectivity index is 2.30. The molecule has 0 aliphatic rings. The molecule has 0 aromatic heterocycles. The fraction of sp³-hybridized carbons (Fsp3) is 0.312. The van der Waals surface area contributed by atoms with Crippen LogP contribution in [-0.2, 0) is 0 Å². The quantitative estimate of drug-likeness (QED) is 0.287. The van der Waals surface area contributed by atoms with Crippen LogP contribution in [0.3, 0.4) is 0 Å². The fourth-order valence-electron chi connectivity index (χ4n) is 4.60. The Hall–Kier alpha value is -3.66. The standard InChI is InChI=1S/C32H38O4/c1-22(27(32(2,3)4)21-26-30(35-7)18-13-19-31(26)36-8)24(23-14-10-9-11-15-23)20-25-28(33-5)16-12-17-29(25)34-6/h9-22H,1-8H3. The predicted octanol–water partition coefficient (Wildman–Crippen LogP) is 8.03. The van der Waals surface area contributed by atoms with Crippen molar-refractivity contribution < 1.29 is 18.9 Å². The van der Waals surface area contributed by atoms with Crippen LogP contribution in [0, 0.1) is 11.3 Å². The maximum Gasteiger partial charge on any atom is 0.129 e. The van der Waals surface area contributed by atoms with Crippen LogP contribution in [-0.4, -0.2) is 28.4 Å². The monoisotopic (exact) mass is 486 g/mol. The third kappa shape index (κ3) is 5.93. The molecule has 3 aromatic rings. The molecule has 0 aliphatic heterocycles. The van der Waals surface area contributed by atoms with Crippen LogP contribution in [0.1, 0.15) is 44.4 Å². The molecule has 0 amide bonds. The average Bonchev–Trinajstić information content (AvgIpc) is 2.89. The zero-order chi connectivity index (χ0) is 26.3. The van der Waals surface area contributed by atoms with Gasteiger partial charge < -0.3 is 18.9 Å². The predicted molar refractivity (Wildman–Crippen MR) is 150 cm³/mol. The summed E-state index contributed by atoms with van der Waals surface area (Å²) in [5.74, 6) is 3.14. The van der Waals surface area contributed by atoms with Gasteiger partial charge in [-0.2, -0.15) is 0 Å². The lowest BCUT2D eigenvalue weighted by atomic mass is 9.74. The zero-order valence-corrected chi connectivity index (χ0v) is 22.7. The first-order chi connectivity index (χ1) is 17.2. The van der Waals surface area contributed by atoms with E-state index in [9.17, 15) is 0 Å². The van der Waals surface area contributed by atoms with Gasteiger partial charge in [-0.3, -0.25) is 0 Å². The Morgan fingerprint density at radius 1 is 0.611 bits per heavy atom.